The average Bonchev–Trinajstić information content (AvgIpc) is 2.42. The van der Waals surface area contributed by atoms with Gasteiger partial charge < -0.3 is 0 Å². The predicted molar refractivity (Wildman–Crippen MR) is 52.5 cm³/mol. The lowest BCUT2D eigenvalue weighted by Crippen LogP contribution is -2.51. The van der Waals surface area contributed by atoms with E-state index in [0.717, 1.165) is 6.42 Å². The molecule has 0 radical (unpaired) electrons. The van der Waals surface area contributed by atoms with Crippen LogP contribution in [-0.2, 0) is 4.79 Å². The van der Waals surface area contributed by atoms with E-state index < -0.39 is 0 Å². The highest BCUT2D eigenvalue weighted by Crippen LogP contribution is 2.40. The molecule has 2 fully saturated rings. The van der Waals surface area contributed by atoms with E-state index in [9.17, 15) is 4.79 Å². The Labute approximate surface area is 80.3 Å². The van der Waals surface area contributed by atoms with Gasteiger partial charge in [-0.3, -0.25) is 9.69 Å². The van der Waals surface area contributed by atoms with E-state index in [1.165, 1.54) is 12.8 Å². The van der Waals surface area contributed by atoms with Crippen molar-refractivity contribution in [2.75, 3.05) is 7.05 Å². The Hall–Kier alpha value is -0.370. The van der Waals surface area contributed by atoms with Crippen LogP contribution in [0, 0.1) is 11.8 Å². The maximum atomic E-state index is 11.9. The van der Waals surface area contributed by atoms with Crippen LogP contribution in [0.15, 0.2) is 0 Å². The molecule has 4 atom stereocenters. The second-order valence-corrected chi connectivity index (χ2v) is 4.58. The molecule has 0 aliphatic carbocycles. The molecular formula is C11H19NO. The highest BCUT2D eigenvalue weighted by Gasteiger charge is 2.47. The van der Waals surface area contributed by atoms with Crippen LogP contribution in [0.4, 0.5) is 0 Å². The highest BCUT2D eigenvalue weighted by molar-refractivity contribution is 5.85. The third kappa shape index (κ3) is 1.15. The number of rotatable bonds is 1. The number of Topliss-reactive ketones (excluding diaryl/α,β-unsaturated/α-hetero) is 1. The Morgan fingerprint density at radius 3 is 2.62 bits per heavy atom. The zero-order valence-electron chi connectivity index (χ0n) is 8.79. The number of ketones is 1. The summed E-state index contributed by atoms with van der Waals surface area (Å²) in [4.78, 5) is 14.4. The monoisotopic (exact) mass is 181 g/mol. The zero-order chi connectivity index (χ0) is 9.59. The van der Waals surface area contributed by atoms with Crippen molar-refractivity contribution in [3.8, 4) is 0 Å². The van der Waals surface area contributed by atoms with E-state index in [2.05, 4.69) is 25.8 Å². The van der Waals surface area contributed by atoms with Gasteiger partial charge in [-0.05, 0) is 26.3 Å². The number of fused-ring (bicyclic) bond motifs is 2. The molecule has 2 saturated heterocycles. The molecule has 2 aliphatic heterocycles. The SMILES string of the molecule is CCC1C(=O)C(C)C2CCC1N2C. The minimum Gasteiger partial charge on any atom is -0.299 e. The summed E-state index contributed by atoms with van der Waals surface area (Å²) in [5.41, 5.74) is 0. The van der Waals surface area contributed by atoms with Crippen LogP contribution < -0.4 is 0 Å². The Balaban J connectivity index is 2.27. The largest absolute Gasteiger partial charge is 0.299 e. The fourth-order valence-electron chi connectivity index (χ4n) is 3.27. The van der Waals surface area contributed by atoms with Crippen molar-refractivity contribution in [2.24, 2.45) is 11.8 Å². The number of carbonyl (C=O) groups excluding carboxylic acids is 1. The first-order valence-electron chi connectivity index (χ1n) is 5.42. The van der Waals surface area contributed by atoms with Crippen LogP contribution in [0.25, 0.3) is 0 Å². The lowest BCUT2D eigenvalue weighted by molar-refractivity contribution is -0.134. The molecule has 2 nitrogen and oxygen atoms in total. The molecule has 74 valence electrons. The summed E-state index contributed by atoms with van der Waals surface area (Å²) in [6, 6.07) is 1.10. The summed E-state index contributed by atoms with van der Waals surface area (Å²) in [5, 5.41) is 0. The van der Waals surface area contributed by atoms with Crippen LogP contribution >= 0.6 is 0 Å². The molecule has 0 N–H and O–H groups in total. The van der Waals surface area contributed by atoms with Gasteiger partial charge in [0.15, 0.2) is 0 Å². The van der Waals surface area contributed by atoms with Gasteiger partial charge in [0, 0.05) is 23.9 Å². The van der Waals surface area contributed by atoms with E-state index in [0.29, 0.717) is 23.8 Å². The van der Waals surface area contributed by atoms with E-state index in [-0.39, 0.29) is 5.92 Å². The Kier molecular flexibility index (Phi) is 2.18. The molecule has 0 aromatic heterocycles. The highest BCUT2D eigenvalue weighted by atomic mass is 16.1. The summed E-state index contributed by atoms with van der Waals surface area (Å²) in [5.74, 6) is 1.11. The van der Waals surface area contributed by atoms with Crippen molar-refractivity contribution >= 4 is 5.78 Å². The number of carbonyl (C=O) groups is 1. The van der Waals surface area contributed by atoms with Gasteiger partial charge in [-0.2, -0.15) is 0 Å². The van der Waals surface area contributed by atoms with Crippen LogP contribution in [0.5, 0.6) is 0 Å². The molecule has 2 aliphatic rings. The van der Waals surface area contributed by atoms with Gasteiger partial charge in [-0.25, -0.2) is 0 Å². The third-order valence-corrected chi connectivity index (χ3v) is 4.10. The van der Waals surface area contributed by atoms with Gasteiger partial charge in [0.25, 0.3) is 0 Å². The maximum absolute atomic E-state index is 11.9. The normalized spacial score (nSPS) is 45.6. The average molecular weight is 181 g/mol. The molecule has 13 heavy (non-hydrogen) atoms. The second-order valence-electron chi connectivity index (χ2n) is 4.58. The van der Waals surface area contributed by atoms with Gasteiger partial charge >= 0.3 is 0 Å². The van der Waals surface area contributed by atoms with Gasteiger partial charge in [-0.15, -0.1) is 0 Å². The molecule has 2 heteroatoms. The minimum atomic E-state index is 0.272. The molecular weight excluding hydrogens is 162 g/mol. The summed E-state index contributed by atoms with van der Waals surface area (Å²) in [6.45, 7) is 4.25. The quantitative estimate of drug-likeness (QED) is 0.613. The van der Waals surface area contributed by atoms with Gasteiger partial charge in [0.2, 0.25) is 0 Å². The van der Waals surface area contributed by atoms with Crippen molar-refractivity contribution in [1.29, 1.82) is 0 Å². The van der Waals surface area contributed by atoms with E-state index >= 15 is 0 Å². The molecule has 0 aromatic rings. The standard InChI is InChI=1S/C11H19NO/c1-4-8-10-6-5-9(12(10)3)7(2)11(8)13/h7-10H,4-6H2,1-3H3. The van der Waals surface area contributed by atoms with Crippen molar-refractivity contribution in [3.05, 3.63) is 0 Å². The Bertz CT molecular complexity index is 226. The van der Waals surface area contributed by atoms with E-state index in [1.807, 2.05) is 0 Å². The van der Waals surface area contributed by atoms with Crippen molar-refractivity contribution in [2.45, 2.75) is 45.2 Å². The maximum Gasteiger partial charge on any atom is 0.141 e. The zero-order valence-corrected chi connectivity index (χ0v) is 8.79. The number of hydrogen-bond donors (Lipinski definition) is 0. The van der Waals surface area contributed by atoms with Crippen LogP contribution in [0.3, 0.4) is 0 Å². The topological polar surface area (TPSA) is 20.3 Å². The summed E-state index contributed by atoms with van der Waals surface area (Å²) in [6.07, 6.45) is 3.48. The van der Waals surface area contributed by atoms with E-state index in [4.69, 9.17) is 0 Å². The van der Waals surface area contributed by atoms with Gasteiger partial charge in [-0.1, -0.05) is 13.8 Å². The fraction of sp³-hybridized carbons (Fsp3) is 0.909. The first kappa shape index (κ1) is 9.20. The van der Waals surface area contributed by atoms with Crippen molar-refractivity contribution in [1.82, 2.24) is 4.90 Å². The molecule has 2 heterocycles. The summed E-state index contributed by atoms with van der Waals surface area (Å²) >= 11 is 0. The molecule has 0 aromatic carbocycles. The van der Waals surface area contributed by atoms with Crippen LogP contribution in [-0.4, -0.2) is 29.8 Å². The molecule has 2 rings (SSSR count). The predicted octanol–water partition coefficient (Wildman–Crippen LogP) is 1.69. The molecule has 2 bridgehead atoms. The second kappa shape index (κ2) is 3.09. The van der Waals surface area contributed by atoms with Crippen molar-refractivity contribution < 1.29 is 4.79 Å². The van der Waals surface area contributed by atoms with Crippen LogP contribution in [0.2, 0.25) is 0 Å². The Morgan fingerprint density at radius 1 is 1.38 bits per heavy atom. The third-order valence-electron chi connectivity index (χ3n) is 4.10. The Morgan fingerprint density at radius 2 is 2.00 bits per heavy atom. The van der Waals surface area contributed by atoms with Gasteiger partial charge in [0.1, 0.15) is 5.78 Å². The van der Waals surface area contributed by atoms with Crippen molar-refractivity contribution in [3.63, 3.8) is 0 Å². The number of nitrogens with zero attached hydrogens (tertiary/aromatic N) is 1. The van der Waals surface area contributed by atoms with Crippen LogP contribution in [0.1, 0.15) is 33.1 Å². The molecule has 0 amide bonds. The fourth-order valence-corrected chi connectivity index (χ4v) is 3.27. The number of hydrogen-bond acceptors (Lipinski definition) is 2. The minimum absolute atomic E-state index is 0.272. The molecule has 4 unspecified atom stereocenters. The molecule has 0 spiro atoms. The van der Waals surface area contributed by atoms with Gasteiger partial charge in [0.05, 0.1) is 0 Å². The van der Waals surface area contributed by atoms with E-state index in [1.54, 1.807) is 0 Å². The number of piperidine rings is 1. The first-order valence-corrected chi connectivity index (χ1v) is 5.42. The lowest BCUT2D eigenvalue weighted by Gasteiger charge is -2.39. The smallest absolute Gasteiger partial charge is 0.141 e. The first-order chi connectivity index (χ1) is 6.16. The molecule has 0 saturated carbocycles. The lowest BCUT2D eigenvalue weighted by atomic mass is 9.81. The summed E-state index contributed by atoms with van der Waals surface area (Å²) < 4.78 is 0. The summed E-state index contributed by atoms with van der Waals surface area (Å²) in [7, 11) is 2.19.